The van der Waals surface area contributed by atoms with Crippen molar-refractivity contribution in [3.05, 3.63) is 28.7 Å². The minimum Gasteiger partial charge on any atom is -0.464 e. The van der Waals surface area contributed by atoms with E-state index in [1.807, 2.05) is 0 Å². The lowest BCUT2D eigenvalue weighted by Gasteiger charge is -2.06. The molecule has 2 rings (SSSR count). The van der Waals surface area contributed by atoms with Gasteiger partial charge in [-0.05, 0) is 18.4 Å². The Labute approximate surface area is 99.2 Å². The Balaban J connectivity index is 1.83. The van der Waals surface area contributed by atoms with Crippen molar-refractivity contribution in [1.82, 2.24) is 4.57 Å². The number of anilines is 1. The molecule has 1 aliphatic rings. The zero-order valence-electron chi connectivity index (χ0n) is 9.59. The molecule has 5 heteroatoms. The summed E-state index contributed by atoms with van der Waals surface area (Å²) in [6.45, 7) is 0.370. The fourth-order valence-electron chi connectivity index (χ4n) is 1.60. The van der Waals surface area contributed by atoms with E-state index in [0.29, 0.717) is 12.3 Å². The van der Waals surface area contributed by atoms with Gasteiger partial charge in [0, 0.05) is 18.0 Å². The number of carbonyl (C=O) groups is 1. The first-order valence-corrected chi connectivity index (χ1v) is 5.77. The summed E-state index contributed by atoms with van der Waals surface area (Å²) in [6, 6.07) is 2.85. The van der Waals surface area contributed by atoms with Crippen molar-refractivity contribution in [1.29, 1.82) is 0 Å². The molecule has 0 amide bonds. The van der Waals surface area contributed by atoms with E-state index < -0.39 is 5.97 Å². The van der Waals surface area contributed by atoms with Crippen LogP contribution in [0.5, 0.6) is 0 Å². The molecule has 0 spiro atoms. The van der Waals surface area contributed by atoms with Crippen LogP contribution in [-0.4, -0.2) is 17.1 Å². The third-order valence-electron chi connectivity index (χ3n) is 2.79. The molecule has 5 nitrogen and oxygen atoms in total. The van der Waals surface area contributed by atoms with Gasteiger partial charge in [0.15, 0.2) is 0 Å². The standard InChI is InChI=1S/C12H16N2O3/c13-10-3-4-11(15)14(7-10)8-12(16)17-6-5-9-1-2-9/h3-4,7,9H,1-2,5-6,8,13H2. The average Bonchev–Trinajstić information content (AvgIpc) is 3.07. The van der Waals surface area contributed by atoms with Gasteiger partial charge in [0.2, 0.25) is 0 Å². The monoisotopic (exact) mass is 236 g/mol. The number of nitrogens with two attached hydrogens (primary N) is 1. The molecule has 0 saturated heterocycles. The fourth-order valence-corrected chi connectivity index (χ4v) is 1.60. The molecule has 92 valence electrons. The zero-order valence-corrected chi connectivity index (χ0v) is 9.59. The van der Waals surface area contributed by atoms with Crippen molar-refractivity contribution in [2.24, 2.45) is 5.92 Å². The van der Waals surface area contributed by atoms with Crippen LogP contribution in [0.4, 0.5) is 5.69 Å². The Kier molecular flexibility index (Phi) is 3.46. The Morgan fingerprint density at radius 3 is 2.94 bits per heavy atom. The minimum atomic E-state index is -0.390. The van der Waals surface area contributed by atoms with E-state index in [0.717, 1.165) is 12.3 Å². The lowest BCUT2D eigenvalue weighted by molar-refractivity contribution is -0.144. The summed E-state index contributed by atoms with van der Waals surface area (Å²) in [7, 11) is 0. The second-order valence-electron chi connectivity index (χ2n) is 4.38. The van der Waals surface area contributed by atoms with Crippen LogP contribution in [0.15, 0.2) is 23.1 Å². The molecule has 1 aromatic heterocycles. The molecule has 1 fully saturated rings. The summed E-state index contributed by atoms with van der Waals surface area (Å²) in [5.74, 6) is 0.344. The molecule has 0 unspecified atom stereocenters. The first kappa shape index (κ1) is 11.7. The van der Waals surface area contributed by atoms with E-state index in [1.165, 1.54) is 35.7 Å². The van der Waals surface area contributed by atoms with Crippen LogP contribution in [0.2, 0.25) is 0 Å². The van der Waals surface area contributed by atoms with E-state index in [1.54, 1.807) is 0 Å². The summed E-state index contributed by atoms with van der Waals surface area (Å²) in [6.07, 6.45) is 4.86. The van der Waals surface area contributed by atoms with Crippen molar-refractivity contribution >= 4 is 11.7 Å². The van der Waals surface area contributed by atoms with Crippen molar-refractivity contribution in [2.75, 3.05) is 12.3 Å². The summed E-state index contributed by atoms with van der Waals surface area (Å²) >= 11 is 0. The number of hydrogen-bond donors (Lipinski definition) is 1. The van der Waals surface area contributed by atoms with Gasteiger partial charge >= 0.3 is 5.97 Å². The molecule has 0 aromatic carbocycles. The predicted molar refractivity (Wildman–Crippen MR) is 63.4 cm³/mol. The Morgan fingerprint density at radius 1 is 1.47 bits per heavy atom. The Hall–Kier alpha value is -1.78. The van der Waals surface area contributed by atoms with Crippen molar-refractivity contribution in [3.63, 3.8) is 0 Å². The number of nitrogen functional groups attached to an aromatic ring is 1. The van der Waals surface area contributed by atoms with Crippen molar-refractivity contribution < 1.29 is 9.53 Å². The fraction of sp³-hybridized carbons (Fsp3) is 0.500. The second-order valence-corrected chi connectivity index (χ2v) is 4.38. The number of nitrogens with zero attached hydrogens (tertiary/aromatic N) is 1. The first-order chi connectivity index (χ1) is 8.15. The first-order valence-electron chi connectivity index (χ1n) is 5.77. The van der Waals surface area contributed by atoms with Crippen LogP contribution in [0.25, 0.3) is 0 Å². The molecule has 1 aromatic rings. The minimum absolute atomic E-state index is 0.0749. The Bertz CT molecular complexity index is 463. The van der Waals surface area contributed by atoms with E-state index in [4.69, 9.17) is 10.5 Å². The zero-order chi connectivity index (χ0) is 12.3. The van der Waals surface area contributed by atoms with Crippen LogP contribution >= 0.6 is 0 Å². The molecule has 1 saturated carbocycles. The number of pyridine rings is 1. The number of hydrogen-bond acceptors (Lipinski definition) is 4. The lowest BCUT2D eigenvalue weighted by Crippen LogP contribution is -2.24. The van der Waals surface area contributed by atoms with Gasteiger partial charge in [0.25, 0.3) is 5.56 Å². The molecule has 0 atom stereocenters. The van der Waals surface area contributed by atoms with Gasteiger partial charge in [-0.15, -0.1) is 0 Å². The number of rotatable bonds is 5. The van der Waals surface area contributed by atoms with E-state index in [2.05, 4.69) is 0 Å². The van der Waals surface area contributed by atoms with Crippen molar-refractivity contribution in [3.8, 4) is 0 Å². The molecular weight excluding hydrogens is 220 g/mol. The quantitative estimate of drug-likeness (QED) is 0.766. The highest BCUT2D eigenvalue weighted by molar-refractivity contribution is 5.69. The maximum atomic E-state index is 11.5. The van der Waals surface area contributed by atoms with E-state index in [9.17, 15) is 9.59 Å². The van der Waals surface area contributed by atoms with Gasteiger partial charge in [-0.2, -0.15) is 0 Å². The maximum absolute atomic E-state index is 11.5. The molecule has 0 aliphatic heterocycles. The van der Waals surface area contributed by atoms with Gasteiger partial charge in [0.05, 0.1) is 6.61 Å². The normalized spacial score (nSPS) is 14.6. The van der Waals surface area contributed by atoms with Gasteiger partial charge in [-0.25, -0.2) is 0 Å². The number of esters is 1. The van der Waals surface area contributed by atoms with Crippen LogP contribution in [-0.2, 0) is 16.1 Å². The van der Waals surface area contributed by atoms with E-state index >= 15 is 0 Å². The lowest BCUT2D eigenvalue weighted by atomic mass is 10.3. The smallest absolute Gasteiger partial charge is 0.326 e. The van der Waals surface area contributed by atoms with Crippen molar-refractivity contribution in [2.45, 2.75) is 25.8 Å². The summed E-state index contributed by atoms with van der Waals surface area (Å²) in [4.78, 5) is 22.9. The number of ether oxygens (including phenoxy) is 1. The molecule has 1 heterocycles. The van der Waals surface area contributed by atoms with Gasteiger partial charge in [-0.1, -0.05) is 12.8 Å². The number of carbonyl (C=O) groups excluding carboxylic acids is 1. The van der Waals surface area contributed by atoms with Crippen LogP contribution in [0.3, 0.4) is 0 Å². The molecule has 0 bridgehead atoms. The largest absolute Gasteiger partial charge is 0.464 e. The Morgan fingerprint density at radius 2 is 2.24 bits per heavy atom. The molecular formula is C12H16N2O3. The van der Waals surface area contributed by atoms with Gasteiger partial charge in [0.1, 0.15) is 6.54 Å². The third kappa shape index (κ3) is 3.62. The predicted octanol–water partition coefficient (Wildman–Crippen LogP) is 0.774. The van der Waals surface area contributed by atoms with Crippen LogP contribution in [0.1, 0.15) is 19.3 Å². The average molecular weight is 236 g/mol. The third-order valence-corrected chi connectivity index (χ3v) is 2.79. The highest BCUT2D eigenvalue weighted by Gasteiger charge is 2.21. The highest BCUT2D eigenvalue weighted by Crippen LogP contribution is 2.32. The number of aromatic nitrogens is 1. The molecule has 2 N–H and O–H groups in total. The van der Waals surface area contributed by atoms with Gasteiger partial charge < -0.3 is 15.0 Å². The molecule has 1 aliphatic carbocycles. The highest BCUT2D eigenvalue weighted by atomic mass is 16.5. The van der Waals surface area contributed by atoms with Crippen LogP contribution in [0, 0.1) is 5.92 Å². The topological polar surface area (TPSA) is 74.3 Å². The second kappa shape index (κ2) is 5.03. The van der Waals surface area contributed by atoms with Crippen LogP contribution < -0.4 is 11.3 Å². The summed E-state index contributed by atoms with van der Waals surface area (Å²) < 4.78 is 6.31. The maximum Gasteiger partial charge on any atom is 0.326 e. The van der Waals surface area contributed by atoms with Gasteiger partial charge in [-0.3, -0.25) is 9.59 Å². The summed E-state index contributed by atoms with van der Waals surface area (Å²) in [5, 5.41) is 0. The van der Waals surface area contributed by atoms with E-state index in [-0.39, 0.29) is 12.1 Å². The molecule has 17 heavy (non-hydrogen) atoms. The SMILES string of the molecule is Nc1ccc(=O)n(CC(=O)OCCC2CC2)c1. The summed E-state index contributed by atoms with van der Waals surface area (Å²) in [5.41, 5.74) is 5.74. The molecule has 0 radical (unpaired) electrons.